The molecule has 5 atom stereocenters. The van der Waals surface area contributed by atoms with E-state index in [9.17, 15) is 9.59 Å². The summed E-state index contributed by atoms with van der Waals surface area (Å²) in [5.41, 5.74) is -0.381. The Bertz CT molecular complexity index is 616. The number of alkyl halides is 1. The average Bonchev–Trinajstić information content (AvgIpc) is 2.57. The Morgan fingerprint density at radius 1 is 1.07 bits per heavy atom. The number of ether oxygens (including phenoxy) is 2. The molecule has 0 N–H and O–H groups in total. The Morgan fingerprint density at radius 3 is 2.36 bits per heavy atom. The lowest BCUT2D eigenvalue weighted by Gasteiger charge is -2.58. The van der Waals surface area contributed by atoms with E-state index in [1.807, 2.05) is 0 Å². The molecule has 0 aromatic carbocycles. The minimum absolute atomic E-state index is 0.0414. The molecule has 0 aromatic rings. The molecule has 5 fully saturated rings. The number of hydrogen-bond acceptors (Lipinski definition) is 4. The fraction of sp³-hybridized carbons (Fsp3) is 0.913. The molecule has 0 aromatic heterocycles. The van der Waals surface area contributed by atoms with Crippen molar-refractivity contribution in [1.82, 2.24) is 0 Å². The van der Waals surface area contributed by atoms with Crippen molar-refractivity contribution >= 4 is 27.9 Å². The van der Waals surface area contributed by atoms with Crippen molar-refractivity contribution < 1.29 is 19.1 Å². The van der Waals surface area contributed by atoms with Crippen molar-refractivity contribution in [3.05, 3.63) is 0 Å². The molecule has 4 nitrogen and oxygen atoms in total. The monoisotopic (exact) mass is 454 g/mol. The maximum absolute atomic E-state index is 13.0. The second kappa shape index (κ2) is 7.59. The van der Waals surface area contributed by atoms with Crippen molar-refractivity contribution in [2.45, 2.75) is 89.0 Å². The van der Waals surface area contributed by atoms with Gasteiger partial charge in [-0.05, 0) is 81.0 Å². The van der Waals surface area contributed by atoms with Crippen LogP contribution in [0, 0.1) is 35.0 Å². The van der Waals surface area contributed by atoms with Crippen LogP contribution in [-0.2, 0) is 19.1 Å². The van der Waals surface area contributed by atoms with Gasteiger partial charge in [0.1, 0.15) is 6.10 Å². The van der Waals surface area contributed by atoms with Crippen LogP contribution in [0.4, 0.5) is 0 Å². The quantitative estimate of drug-likeness (QED) is 0.419. The van der Waals surface area contributed by atoms with Gasteiger partial charge in [-0.3, -0.25) is 4.79 Å². The van der Waals surface area contributed by atoms with Crippen LogP contribution < -0.4 is 0 Å². The molecule has 0 radical (unpaired) electrons. The summed E-state index contributed by atoms with van der Waals surface area (Å²) in [4.78, 5) is 25.5. The van der Waals surface area contributed by atoms with Crippen LogP contribution in [0.5, 0.6) is 0 Å². The molecule has 0 unspecified atom stereocenters. The van der Waals surface area contributed by atoms with Crippen LogP contribution >= 0.6 is 15.9 Å². The summed E-state index contributed by atoms with van der Waals surface area (Å²) in [6, 6.07) is 0. The minimum Gasteiger partial charge on any atom is -0.460 e. The smallest absolute Gasteiger partial charge is 0.344 e. The maximum Gasteiger partial charge on any atom is 0.344 e. The van der Waals surface area contributed by atoms with Gasteiger partial charge in [-0.2, -0.15) is 0 Å². The number of carbonyl (C=O) groups is 2. The fourth-order valence-electron chi connectivity index (χ4n) is 7.12. The minimum atomic E-state index is -0.381. The Balaban J connectivity index is 1.33. The Hall–Kier alpha value is -0.580. The number of esters is 2. The summed E-state index contributed by atoms with van der Waals surface area (Å²) in [6.45, 7) is 6.39. The van der Waals surface area contributed by atoms with Crippen molar-refractivity contribution in [2.75, 3.05) is 6.61 Å². The van der Waals surface area contributed by atoms with E-state index < -0.39 is 0 Å². The summed E-state index contributed by atoms with van der Waals surface area (Å²) < 4.78 is 11.5. The lowest BCUT2D eigenvalue weighted by Crippen LogP contribution is -2.56. The van der Waals surface area contributed by atoms with Crippen LogP contribution in [0.25, 0.3) is 0 Å². The van der Waals surface area contributed by atoms with Crippen molar-refractivity contribution in [1.29, 1.82) is 0 Å². The molecular formula is C23H35BrO4. The molecule has 158 valence electrons. The first-order valence-electron chi connectivity index (χ1n) is 11.2. The average molecular weight is 455 g/mol. The summed E-state index contributed by atoms with van der Waals surface area (Å²) in [6.07, 6.45) is 9.51. The van der Waals surface area contributed by atoms with Crippen LogP contribution in [-0.4, -0.2) is 29.0 Å². The highest BCUT2D eigenvalue weighted by molar-refractivity contribution is 9.10. The van der Waals surface area contributed by atoms with Crippen molar-refractivity contribution in [3.63, 3.8) is 0 Å². The van der Waals surface area contributed by atoms with Gasteiger partial charge in [0.15, 0.2) is 6.61 Å². The Kier molecular flexibility index (Phi) is 5.61. The third kappa shape index (κ3) is 4.02. The maximum atomic E-state index is 13.0. The second-order valence-electron chi connectivity index (χ2n) is 10.8. The molecule has 5 rings (SSSR count). The highest BCUT2D eigenvalue weighted by Crippen LogP contribution is 2.64. The highest BCUT2D eigenvalue weighted by atomic mass is 79.9. The van der Waals surface area contributed by atoms with E-state index in [1.165, 1.54) is 25.7 Å². The first-order chi connectivity index (χ1) is 13.2. The van der Waals surface area contributed by atoms with Gasteiger partial charge in [0.2, 0.25) is 0 Å². The van der Waals surface area contributed by atoms with E-state index in [2.05, 4.69) is 36.7 Å². The number of halogens is 1. The van der Waals surface area contributed by atoms with Crippen molar-refractivity contribution in [2.24, 2.45) is 35.0 Å². The standard InChI is InChI=1S/C23H35BrO4/c1-14(2)18-5-4-15(3)6-19(18)28-20(25)12-27-21(26)22-8-16-7-17(9-22)11-23(24,10-16)13-22/h14-19H,4-13H2,1-3H3/t15-,16-,17-,18+,19-,22?,23?/m1/s1. The zero-order chi connectivity index (χ0) is 20.1. The summed E-state index contributed by atoms with van der Waals surface area (Å²) in [7, 11) is 0. The molecule has 28 heavy (non-hydrogen) atoms. The predicted octanol–water partition coefficient (Wildman–Crippen LogP) is 5.27. The number of rotatable bonds is 5. The zero-order valence-corrected chi connectivity index (χ0v) is 19.1. The molecule has 0 amide bonds. The van der Waals surface area contributed by atoms with Gasteiger partial charge in [0.05, 0.1) is 5.41 Å². The molecule has 5 aliphatic rings. The lowest BCUT2D eigenvalue weighted by molar-refractivity contribution is -0.179. The SMILES string of the molecule is CC(C)[C@@H]1CC[C@@H](C)C[C@H]1OC(=O)COC(=O)C12C[C@H]3C[C@@H](CC(Br)(C3)C1)C2. The van der Waals surface area contributed by atoms with Crippen LogP contribution in [0.3, 0.4) is 0 Å². The largest absolute Gasteiger partial charge is 0.460 e. The van der Waals surface area contributed by atoms with E-state index in [4.69, 9.17) is 9.47 Å². The highest BCUT2D eigenvalue weighted by Gasteiger charge is 2.60. The fourth-order valence-corrected chi connectivity index (χ4v) is 8.57. The molecule has 5 saturated carbocycles. The molecule has 0 saturated heterocycles. The summed E-state index contributed by atoms with van der Waals surface area (Å²) in [5, 5.41) is 0. The first-order valence-corrected chi connectivity index (χ1v) is 12.0. The van der Waals surface area contributed by atoms with E-state index in [1.54, 1.807) is 0 Å². The number of hydrogen-bond donors (Lipinski definition) is 0. The van der Waals surface area contributed by atoms with Crippen LogP contribution in [0.15, 0.2) is 0 Å². The molecule has 0 heterocycles. The Labute approximate surface area is 177 Å². The van der Waals surface area contributed by atoms with Gasteiger partial charge >= 0.3 is 11.9 Å². The van der Waals surface area contributed by atoms with Gasteiger partial charge in [-0.15, -0.1) is 0 Å². The molecule has 0 spiro atoms. The molecular weight excluding hydrogens is 420 g/mol. The third-order valence-corrected chi connectivity index (χ3v) is 8.92. The van der Waals surface area contributed by atoms with Crippen LogP contribution in [0.2, 0.25) is 0 Å². The normalized spacial score (nSPS) is 44.5. The Morgan fingerprint density at radius 2 is 1.75 bits per heavy atom. The van der Waals surface area contributed by atoms with Gasteiger partial charge in [0, 0.05) is 4.32 Å². The van der Waals surface area contributed by atoms with Gasteiger partial charge < -0.3 is 9.47 Å². The number of carbonyl (C=O) groups excluding carboxylic acids is 2. The van der Waals surface area contributed by atoms with E-state index in [0.717, 1.165) is 32.1 Å². The lowest BCUT2D eigenvalue weighted by atomic mass is 9.49. The molecule has 5 aliphatic carbocycles. The van der Waals surface area contributed by atoms with Crippen LogP contribution in [0.1, 0.15) is 78.6 Å². The van der Waals surface area contributed by atoms with Gasteiger partial charge in [0.25, 0.3) is 0 Å². The summed E-state index contributed by atoms with van der Waals surface area (Å²) >= 11 is 3.93. The van der Waals surface area contributed by atoms with Gasteiger partial charge in [-0.1, -0.05) is 43.1 Å². The van der Waals surface area contributed by atoms with E-state index >= 15 is 0 Å². The van der Waals surface area contributed by atoms with Crippen molar-refractivity contribution in [3.8, 4) is 0 Å². The third-order valence-electron chi connectivity index (χ3n) is 7.99. The zero-order valence-electron chi connectivity index (χ0n) is 17.5. The molecule has 0 aliphatic heterocycles. The predicted molar refractivity (Wildman–Crippen MR) is 111 cm³/mol. The topological polar surface area (TPSA) is 52.6 Å². The second-order valence-corrected chi connectivity index (χ2v) is 12.5. The molecule has 4 bridgehead atoms. The van der Waals surface area contributed by atoms with E-state index in [-0.39, 0.29) is 34.4 Å². The molecule has 5 heteroatoms. The summed E-state index contributed by atoms with van der Waals surface area (Å²) in [5.74, 6) is 2.18. The van der Waals surface area contributed by atoms with E-state index in [0.29, 0.717) is 29.6 Å². The van der Waals surface area contributed by atoms with Gasteiger partial charge in [-0.25, -0.2) is 4.79 Å². The first kappa shape index (κ1) is 20.7.